The first-order valence-corrected chi connectivity index (χ1v) is 7.64. The maximum absolute atomic E-state index is 12.1. The molecule has 1 aliphatic carbocycles. The summed E-state index contributed by atoms with van der Waals surface area (Å²) in [4.78, 5) is 12.1. The van der Waals surface area contributed by atoms with Gasteiger partial charge in [-0.3, -0.25) is 4.79 Å². The number of nitrogens with one attached hydrogen (secondary N) is 1. The number of carbonyl (C=O) groups is 1. The summed E-state index contributed by atoms with van der Waals surface area (Å²) < 4.78 is 16.4. The summed E-state index contributed by atoms with van der Waals surface area (Å²) in [6.07, 6.45) is 1.95. The molecule has 1 fully saturated rings. The number of hydrogen-bond acceptors (Lipinski definition) is 4. The molecule has 0 bridgehead atoms. The first-order chi connectivity index (χ1) is 11.3. The smallest absolute Gasteiger partial charge is 0.231 e. The molecule has 1 heterocycles. The second kappa shape index (κ2) is 5.50. The molecule has 5 heteroatoms. The van der Waals surface area contributed by atoms with Crippen LogP contribution >= 0.6 is 0 Å². The van der Waals surface area contributed by atoms with Crippen LogP contribution < -0.4 is 19.5 Å². The van der Waals surface area contributed by atoms with Crippen LogP contribution in [0.3, 0.4) is 0 Å². The molecule has 1 aliphatic heterocycles. The average molecular weight is 311 g/mol. The highest BCUT2D eigenvalue weighted by atomic mass is 16.7. The standard InChI is InChI=1S/C18H17NO4/c1-21-15-9-17-16(22-10-23-17)8-13(15)12-4-2-3-5-14(12)19-18(20)11-6-7-11/h2-5,8-9,11H,6-7,10H2,1H3,(H,19,20). The van der Waals surface area contributed by atoms with Crippen molar-refractivity contribution in [2.75, 3.05) is 19.2 Å². The minimum absolute atomic E-state index is 0.0807. The highest BCUT2D eigenvalue weighted by Crippen LogP contribution is 2.44. The summed E-state index contributed by atoms with van der Waals surface area (Å²) in [6.45, 7) is 0.210. The van der Waals surface area contributed by atoms with E-state index in [-0.39, 0.29) is 18.6 Å². The molecule has 23 heavy (non-hydrogen) atoms. The van der Waals surface area contributed by atoms with Gasteiger partial charge in [-0.25, -0.2) is 0 Å². The quantitative estimate of drug-likeness (QED) is 0.939. The summed E-state index contributed by atoms with van der Waals surface area (Å²) in [5.74, 6) is 2.27. The van der Waals surface area contributed by atoms with E-state index in [4.69, 9.17) is 14.2 Å². The summed E-state index contributed by atoms with van der Waals surface area (Å²) in [5.41, 5.74) is 2.54. The van der Waals surface area contributed by atoms with Crippen LogP contribution in [0.2, 0.25) is 0 Å². The Kier molecular flexibility index (Phi) is 3.33. The van der Waals surface area contributed by atoms with Gasteiger partial charge in [0.15, 0.2) is 11.5 Å². The fourth-order valence-corrected chi connectivity index (χ4v) is 2.71. The van der Waals surface area contributed by atoms with Crippen molar-refractivity contribution in [3.8, 4) is 28.4 Å². The Morgan fingerprint density at radius 1 is 1.13 bits per heavy atom. The Bertz CT molecular complexity index is 768. The zero-order chi connectivity index (χ0) is 15.8. The number of fused-ring (bicyclic) bond motifs is 1. The maximum atomic E-state index is 12.1. The molecule has 5 nitrogen and oxygen atoms in total. The number of benzene rings is 2. The number of anilines is 1. The summed E-state index contributed by atoms with van der Waals surface area (Å²) in [6, 6.07) is 11.4. The fourth-order valence-electron chi connectivity index (χ4n) is 2.71. The van der Waals surface area contributed by atoms with Gasteiger partial charge < -0.3 is 19.5 Å². The Hall–Kier alpha value is -2.69. The third-order valence-electron chi connectivity index (χ3n) is 4.12. The molecule has 0 radical (unpaired) electrons. The molecule has 0 atom stereocenters. The van der Waals surface area contributed by atoms with Crippen molar-refractivity contribution in [3.63, 3.8) is 0 Å². The minimum atomic E-state index is 0.0807. The monoisotopic (exact) mass is 311 g/mol. The predicted octanol–water partition coefficient (Wildman–Crippen LogP) is 3.44. The normalized spacial score (nSPS) is 15.3. The molecule has 2 aliphatic rings. The van der Waals surface area contributed by atoms with E-state index in [9.17, 15) is 4.79 Å². The Morgan fingerprint density at radius 2 is 1.87 bits per heavy atom. The van der Waals surface area contributed by atoms with Crippen LogP contribution in [0.5, 0.6) is 17.2 Å². The van der Waals surface area contributed by atoms with E-state index in [1.54, 1.807) is 7.11 Å². The molecule has 2 aromatic rings. The number of para-hydroxylation sites is 1. The topological polar surface area (TPSA) is 56.8 Å². The second-order valence-corrected chi connectivity index (χ2v) is 5.71. The molecule has 0 spiro atoms. The number of rotatable bonds is 4. The van der Waals surface area contributed by atoms with Gasteiger partial charge in [0.2, 0.25) is 12.7 Å². The van der Waals surface area contributed by atoms with Gasteiger partial charge in [0.1, 0.15) is 5.75 Å². The van der Waals surface area contributed by atoms with Crippen LogP contribution in [0, 0.1) is 5.92 Å². The molecule has 0 unspecified atom stereocenters. The number of ether oxygens (including phenoxy) is 3. The lowest BCUT2D eigenvalue weighted by molar-refractivity contribution is -0.117. The van der Waals surface area contributed by atoms with Gasteiger partial charge in [-0.15, -0.1) is 0 Å². The number of methoxy groups -OCH3 is 1. The fraction of sp³-hybridized carbons (Fsp3) is 0.278. The van der Waals surface area contributed by atoms with Gasteiger partial charge >= 0.3 is 0 Å². The lowest BCUT2D eigenvalue weighted by Crippen LogP contribution is -2.14. The summed E-state index contributed by atoms with van der Waals surface area (Å²) >= 11 is 0. The SMILES string of the molecule is COc1cc2c(cc1-c1ccccc1NC(=O)C1CC1)OCO2. The van der Waals surface area contributed by atoms with Gasteiger partial charge in [0.05, 0.1) is 7.11 Å². The lowest BCUT2D eigenvalue weighted by Gasteiger charge is -2.14. The zero-order valence-corrected chi connectivity index (χ0v) is 12.8. The molecule has 0 saturated heterocycles. The average Bonchev–Trinajstić information content (AvgIpc) is 3.33. The molecule has 4 rings (SSSR count). The first kappa shape index (κ1) is 13.9. The van der Waals surface area contributed by atoms with Crippen molar-refractivity contribution < 1.29 is 19.0 Å². The molecule has 1 saturated carbocycles. The van der Waals surface area contributed by atoms with Gasteiger partial charge in [-0.1, -0.05) is 18.2 Å². The van der Waals surface area contributed by atoms with Crippen LogP contribution in [0.4, 0.5) is 5.69 Å². The largest absolute Gasteiger partial charge is 0.496 e. The molecule has 1 amide bonds. The number of hydrogen-bond donors (Lipinski definition) is 1. The van der Waals surface area contributed by atoms with E-state index in [1.807, 2.05) is 36.4 Å². The van der Waals surface area contributed by atoms with Crippen molar-refractivity contribution >= 4 is 11.6 Å². The second-order valence-electron chi connectivity index (χ2n) is 5.71. The third-order valence-corrected chi connectivity index (χ3v) is 4.12. The highest BCUT2D eigenvalue weighted by molar-refractivity contribution is 5.98. The van der Waals surface area contributed by atoms with E-state index in [0.717, 1.165) is 29.7 Å². The molecular weight excluding hydrogens is 294 g/mol. The van der Waals surface area contributed by atoms with Crippen LogP contribution in [-0.2, 0) is 4.79 Å². The van der Waals surface area contributed by atoms with E-state index in [1.165, 1.54) is 0 Å². The van der Waals surface area contributed by atoms with Crippen LogP contribution in [0.15, 0.2) is 36.4 Å². The van der Waals surface area contributed by atoms with Crippen molar-refractivity contribution in [3.05, 3.63) is 36.4 Å². The molecule has 0 aromatic heterocycles. The molecule has 2 aromatic carbocycles. The first-order valence-electron chi connectivity index (χ1n) is 7.64. The summed E-state index contributed by atoms with van der Waals surface area (Å²) in [7, 11) is 1.62. The predicted molar refractivity (Wildman–Crippen MR) is 85.9 cm³/mol. The number of carbonyl (C=O) groups excluding carboxylic acids is 1. The van der Waals surface area contributed by atoms with E-state index < -0.39 is 0 Å². The molecular formula is C18H17NO4. The van der Waals surface area contributed by atoms with Gasteiger partial charge in [-0.2, -0.15) is 0 Å². The minimum Gasteiger partial charge on any atom is -0.496 e. The maximum Gasteiger partial charge on any atom is 0.231 e. The van der Waals surface area contributed by atoms with E-state index >= 15 is 0 Å². The Morgan fingerprint density at radius 3 is 2.61 bits per heavy atom. The van der Waals surface area contributed by atoms with Crippen molar-refractivity contribution in [1.29, 1.82) is 0 Å². The zero-order valence-electron chi connectivity index (χ0n) is 12.8. The van der Waals surface area contributed by atoms with Gasteiger partial charge in [0, 0.05) is 28.8 Å². The van der Waals surface area contributed by atoms with Crippen LogP contribution in [0.25, 0.3) is 11.1 Å². The Labute approximate surface area is 134 Å². The van der Waals surface area contributed by atoms with Crippen molar-refractivity contribution in [1.82, 2.24) is 0 Å². The summed E-state index contributed by atoms with van der Waals surface area (Å²) in [5, 5.41) is 3.02. The van der Waals surface area contributed by atoms with Crippen molar-refractivity contribution in [2.45, 2.75) is 12.8 Å². The Balaban J connectivity index is 1.76. The van der Waals surface area contributed by atoms with E-state index in [0.29, 0.717) is 17.2 Å². The van der Waals surface area contributed by atoms with Crippen LogP contribution in [-0.4, -0.2) is 19.8 Å². The number of amides is 1. The third kappa shape index (κ3) is 2.59. The van der Waals surface area contributed by atoms with Gasteiger partial charge in [-0.05, 0) is 25.0 Å². The van der Waals surface area contributed by atoms with Gasteiger partial charge in [0.25, 0.3) is 0 Å². The highest BCUT2D eigenvalue weighted by Gasteiger charge is 2.30. The van der Waals surface area contributed by atoms with Crippen molar-refractivity contribution in [2.24, 2.45) is 5.92 Å². The molecule has 1 N–H and O–H groups in total. The molecule has 118 valence electrons. The lowest BCUT2D eigenvalue weighted by atomic mass is 10.0. The van der Waals surface area contributed by atoms with E-state index in [2.05, 4.69) is 5.32 Å². The van der Waals surface area contributed by atoms with Crippen LogP contribution in [0.1, 0.15) is 12.8 Å².